The van der Waals surface area contributed by atoms with Crippen LogP contribution in [-0.2, 0) is 9.53 Å². The molecule has 1 aromatic rings. The fraction of sp³-hybridized carbons (Fsp3) is 0.400. The van der Waals surface area contributed by atoms with Crippen LogP contribution in [0.25, 0.3) is 6.08 Å². The van der Waals surface area contributed by atoms with E-state index in [1.807, 2.05) is 6.08 Å². The second-order valence-corrected chi connectivity index (χ2v) is 5.60. The van der Waals surface area contributed by atoms with Gasteiger partial charge in [0, 0.05) is 31.5 Å². The van der Waals surface area contributed by atoms with Gasteiger partial charge in [0.1, 0.15) is 0 Å². The third-order valence-corrected chi connectivity index (χ3v) is 3.71. The molecule has 1 aliphatic heterocycles. The van der Waals surface area contributed by atoms with E-state index in [-0.39, 0.29) is 5.12 Å². The van der Waals surface area contributed by atoms with Crippen molar-refractivity contribution in [2.45, 2.75) is 6.92 Å². The molecule has 0 radical (unpaired) electrons. The molecule has 0 saturated carbocycles. The maximum Gasteiger partial charge on any atom is 0.186 e. The summed E-state index contributed by atoms with van der Waals surface area (Å²) in [6.07, 6.45) is 4.10. The molecule has 0 amide bonds. The molecule has 1 aromatic carbocycles. The number of ether oxygens (including phenoxy) is 1. The van der Waals surface area contributed by atoms with Crippen molar-refractivity contribution in [3.8, 4) is 0 Å². The zero-order valence-corrected chi connectivity index (χ0v) is 12.0. The number of carbonyl (C=O) groups excluding carboxylic acids is 1. The van der Waals surface area contributed by atoms with Gasteiger partial charge in [0.15, 0.2) is 5.12 Å². The molecule has 0 atom stereocenters. The van der Waals surface area contributed by atoms with E-state index >= 15 is 0 Å². The lowest BCUT2D eigenvalue weighted by Gasteiger charge is -2.29. The van der Waals surface area contributed by atoms with Crippen LogP contribution in [0.15, 0.2) is 30.3 Å². The molecule has 0 aromatic heterocycles. The number of carbonyl (C=O) groups is 1. The van der Waals surface area contributed by atoms with Gasteiger partial charge in [0.05, 0.1) is 13.2 Å². The van der Waals surface area contributed by atoms with Crippen molar-refractivity contribution >= 4 is 28.6 Å². The van der Waals surface area contributed by atoms with Crippen LogP contribution in [-0.4, -0.2) is 37.2 Å². The lowest BCUT2D eigenvalue weighted by molar-refractivity contribution is -0.109. The molecule has 1 heterocycles. The Morgan fingerprint density at radius 1 is 1.42 bits per heavy atom. The Kier molecular flexibility index (Phi) is 5.48. The monoisotopic (exact) mass is 277 g/mol. The Labute approximate surface area is 118 Å². The first-order valence-electron chi connectivity index (χ1n) is 6.48. The summed E-state index contributed by atoms with van der Waals surface area (Å²) in [5, 5.41) is 0.159. The van der Waals surface area contributed by atoms with Gasteiger partial charge in [-0.05, 0) is 17.7 Å². The van der Waals surface area contributed by atoms with E-state index in [0.29, 0.717) is 0 Å². The molecule has 1 saturated heterocycles. The average Bonchev–Trinajstić information content (AvgIpc) is 2.45. The van der Waals surface area contributed by atoms with Gasteiger partial charge in [-0.2, -0.15) is 0 Å². The Morgan fingerprint density at radius 3 is 2.95 bits per heavy atom. The van der Waals surface area contributed by atoms with E-state index in [2.05, 4.69) is 35.2 Å². The SMILES string of the molecule is CC(=O)SCC=Cc1cccc(N2CCOCC2)c1. The lowest BCUT2D eigenvalue weighted by Crippen LogP contribution is -2.36. The highest BCUT2D eigenvalue weighted by Gasteiger charge is 2.10. The summed E-state index contributed by atoms with van der Waals surface area (Å²) in [5.74, 6) is 0.733. The zero-order chi connectivity index (χ0) is 13.5. The van der Waals surface area contributed by atoms with Crippen LogP contribution in [0, 0.1) is 0 Å². The fourth-order valence-electron chi connectivity index (χ4n) is 2.00. The molecule has 2 rings (SSSR count). The number of benzene rings is 1. The van der Waals surface area contributed by atoms with Gasteiger partial charge in [0.25, 0.3) is 0 Å². The van der Waals surface area contributed by atoms with Gasteiger partial charge in [-0.3, -0.25) is 4.79 Å². The van der Waals surface area contributed by atoms with Crippen molar-refractivity contribution in [3.63, 3.8) is 0 Å². The van der Waals surface area contributed by atoms with Gasteiger partial charge in [-0.15, -0.1) is 0 Å². The largest absolute Gasteiger partial charge is 0.378 e. The Morgan fingerprint density at radius 2 is 2.21 bits per heavy atom. The first-order chi connectivity index (χ1) is 9.25. The summed E-state index contributed by atoms with van der Waals surface area (Å²) in [7, 11) is 0. The molecular formula is C15H19NO2S. The fourth-order valence-corrected chi connectivity index (χ4v) is 2.42. The molecule has 0 unspecified atom stereocenters. The van der Waals surface area contributed by atoms with E-state index in [4.69, 9.17) is 4.74 Å². The van der Waals surface area contributed by atoms with Crippen LogP contribution in [0.4, 0.5) is 5.69 Å². The third kappa shape index (κ3) is 4.73. The smallest absolute Gasteiger partial charge is 0.186 e. The minimum Gasteiger partial charge on any atom is -0.378 e. The van der Waals surface area contributed by atoms with Crippen molar-refractivity contribution in [1.82, 2.24) is 0 Å². The standard InChI is InChI=1S/C15H19NO2S/c1-13(17)19-11-3-5-14-4-2-6-15(12-14)16-7-9-18-10-8-16/h2-6,12H,7-11H2,1H3. The number of hydrogen-bond acceptors (Lipinski definition) is 4. The normalized spacial score (nSPS) is 15.9. The molecule has 1 aliphatic rings. The maximum absolute atomic E-state index is 10.8. The van der Waals surface area contributed by atoms with Gasteiger partial charge in [-0.1, -0.05) is 36.0 Å². The van der Waals surface area contributed by atoms with Crippen LogP contribution < -0.4 is 4.90 Å². The van der Waals surface area contributed by atoms with E-state index in [1.54, 1.807) is 6.92 Å². The van der Waals surface area contributed by atoms with Crippen molar-refractivity contribution < 1.29 is 9.53 Å². The second kappa shape index (κ2) is 7.36. The first kappa shape index (κ1) is 14.2. The molecule has 19 heavy (non-hydrogen) atoms. The van der Waals surface area contributed by atoms with E-state index < -0.39 is 0 Å². The van der Waals surface area contributed by atoms with Gasteiger partial charge >= 0.3 is 0 Å². The van der Waals surface area contributed by atoms with Crippen molar-refractivity contribution in [1.29, 1.82) is 0 Å². The number of morpholine rings is 1. The molecule has 1 fully saturated rings. The Bertz CT molecular complexity index is 453. The molecular weight excluding hydrogens is 258 g/mol. The highest BCUT2D eigenvalue weighted by atomic mass is 32.2. The minimum atomic E-state index is 0.159. The van der Waals surface area contributed by atoms with Crippen LogP contribution in [0.3, 0.4) is 0 Å². The Hall–Kier alpha value is -1.26. The summed E-state index contributed by atoms with van der Waals surface area (Å²) in [5.41, 5.74) is 2.41. The van der Waals surface area contributed by atoms with E-state index in [9.17, 15) is 4.79 Å². The Balaban J connectivity index is 1.96. The maximum atomic E-state index is 10.8. The molecule has 4 heteroatoms. The summed E-state index contributed by atoms with van der Waals surface area (Å²) in [6, 6.07) is 8.47. The topological polar surface area (TPSA) is 29.5 Å². The van der Waals surface area contributed by atoms with Crippen LogP contribution in [0.1, 0.15) is 12.5 Å². The third-order valence-electron chi connectivity index (χ3n) is 2.94. The summed E-state index contributed by atoms with van der Waals surface area (Å²) in [4.78, 5) is 13.2. The second-order valence-electron chi connectivity index (χ2n) is 4.40. The quantitative estimate of drug-likeness (QED) is 0.846. The number of nitrogens with zero attached hydrogens (tertiary/aromatic N) is 1. The van der Waals surface area contributed by atoms with Crippen molar-refractivity contribution in [2.24, 2.45) is 0 Å². The zero-order valence-electron chi connectivity index (χ0n) is 11.2. The highest BCUT2D eigenvalue weighted by molar-refractivity contribution is 8.13. The van der Waals surface area contributed by atoms with Gasteiger partial charge in [0.2, 0.25) is 0 Å². The minimum absolute atomic E-state index is 0.159. The van der Waals surface area contributed by atoms with Crippen molar-refractivity contribution in [2.75, 3.05) is 37.0 Å². The predicted octanol–water partition coefficient (Wildman–Crippen LogP) is 2.82. The predicted molar refractivity (Wildman–Crippen MR) is 81.6 cm³/mol. The van der Waals surface area contributed by atoms with Crippen LogP contribution in [0.2, 0.25) is 0 Å². The average molecular weight is 277 g/mol. The van der Waals surface area contributed by atoms with Crippen LogP contribution in [0.5, 0.6) is 0 Å². The van der Waals surface area contributed by atoms with Crippen LogP contribution >= 0.6 is 11.8 Å². The first-order valence-corrected chi connectivity index (χ1v) is 7.47. The summed E-state index contributed by atoms with van der Waals surface area (Å²) >= 11 is 1.33. The molecule has 0 N–H and O–H groups in total. The lowest BCUT2D eigenvalue weighted by atomic mass is 10.1. The molecule has 0 spiro atoms. The summed E-state index contributed by atoms with van der Waals surface area (Å²) in [6.45, 7) is 5.10. The van der Waals surface area contributed by atoms with Gasteiger partial charge < -0.3 is 9.64 Å². The van der Waals surface area contributed by atoms with E-state index in [1.165, 1.54) is 23.0 Å². The highest BCUT2D eigenvalue weighted by Crippen LogP contribution is 2.18. The molecule has 3 nitrogen and oxygen atoms in total. The molecule has 102 valence electrons. The van der Waals surface area contributed by atoms with Crippen molar-refractivity contribution in [3.05, 3.63) is 35.9 Å². The number of rotatable bonds is 4. The number of anilines is 1. The number of thioether (sulfide) groups is 1. The number of hydrogen-bond donors (Lipinski definition) is 0. The van der Waals surface area contributed by atoms with Gasteiger partial charge in [-0.25, -0.2) is 0 Å². The molecule has 0 bridgehead atoms. The molecule has 0 aliphatic carbocycles. The summed E-state index contributed by atoms with van der Waals surface area (Å²) < 4.78 is 5.36. The van der Waals surface area contributed by atoms with E-state index in [0.717, 1.165) is 32.1 Å².